The van der Waals surface area contributed by atoms with E-state index in [2.05, 4.69) is 4.90 Å². The number of carboxylic acids is 1. The summed E-state index contributed by atoms with van der Waals surface area (Å²) in [5.74, 6) is -1.38. The van der Waals surface area contributed by atoms with E-state index in [0.29, 0.717) is 19.0 Å². The molecule has 6 heteroatoms. The van der Waals surface area contributed by atoms with Gasteiger partial charge in [-0.3, -0.25) is 9.69 Å². The molecule has 2 fully saturated rings. The number of carbonyl (C=O) groups is 2. The van der Waals surface area contributed by atoms with E-state index in [1.165, 1.54) is 12.8 Å². The molecule has 0 unspecified atom stereocenters. The highest BCUT2D eigenvalue weighted by molar-refractivity contribution is 5.74. The highest BCUT2D eigenvalue weighted by atomic mass is 16.6. The zero-order valence-electron chi connectivity index (χ0n) is 14.7. The molecule has 1 saturated carbocycles. The lowest BCUT2D eigenvalue weighted by molar-refractivity contribution is -0.146. The monoisotopic (exact) mass is 326 g/mol. The lowest BCUT2D eigenvalue weighted by atomic mass is 9.90. The topological polar surface area (TPSA) is 70.1 Å². The van der Waals surface area contributed by atoms with Gasteiger partial charge in [0, 0.05) is 25.2 Å². The Hall–Kier alpha value is -1.30. The molecule has 2 atom stereocenters. The van der Waals surface area contributed by atoms with Crippen molar-refractivity contribution in [3.8, 4) is 0 Å². The molecule has 1 N–H and O–H groups in total. The highest BCUT2D eigenvalue weighted by Gasteiger charge is 2.41. The maximum Gasteiger partial charge on any atom is 0.410 e. The number of aliphatic carboxylic acids is 1. The second-order valence-corrected chi connectivity index (χ2v) is 7.83. The van der Waals surface area contributed by atoms with Crippen LogP contribution in [0.25, 0.3) is 0 Å². The van der Waals surface area contributed by atoms with Gasteiger partial charge in [-0.05, 0) is 47.1 Å². The van der Waals surface area contributed by atoms with Gasteiger partial charge in [-0.1, -0.05) is 12.8 Å². The SMILES string of the molecule is CN(C1CCCC1)[C@@H]1CCN(C(=O)OC(C)(C)C)C[C@H]1C(=O)O. The lowest BCUT2D eigenvalue weighted by Gasteiger charge is -2.43. The molecule has 0 aromatic carbocycles. The van der Waals surface area contributed by atoms with E-state index in [-0.39, 0.29) is 12.6 Å². The summed E-state index contributed by atoms with van der Waals surface area (Å²) in [6.07, 6.45) is 5.02. The first kappa shape index (κ1) is 18.0. The van der Waals surface area contributed by atoms with Crippen molar-refractivity contribution in [2.24, 2.45) is 5.92 Å². The average Bonchev–Trinajstić information content (AvgIpc) is 2.98. The van der Waals surface area contributed by atoms with Crippen LogP contribution in [0.1, 0.15) is 52.9 Å². The van der Waals surface area contributed by atoms with Gasteiger partial charge in [0.2, 0.25) is 0 Å². The first-order valence-corrected chi connectivity index (χ1v) is 8.61. The number of hydrogen-bond donors (Lipinski definition) is 1. The summed E-state index contributed by atoms with van der Waals surface area (Å²) in [6, 6.07) is 0.476. The normalized spacial score (nSPS) is 26.6. The molecule has 23 heavy (non-hydrogen) atoms. The van der Waals surface area contributed by atoms with Gasteiger partial charge in [0.1, 0.15) is 5.60 Å². The molecule has 1 aliphatic heterocycles. The van der Waals surface area contributed by atoms with Crippen LogP contribution in [0.15, 0.2) is 0 Å². The fraction of sp³-hybridized carbons (Fsp3) is 0.882. The summed E-state index contributed by atoms with van der Waals surface area (Å²) in [4.78, 5) is 27.7. The van der Waals surface area contributed by atoms with Gasteiger partial charge < -0.3 is 14.7 Å². The Balaban J connectivity index is 2.02. The van der Waals surface area contributed by atoms with Gasteiger partial charge in [0.25, 0.3) is 0 Å². The van der Waals surface area contributed by atoms with Crippen molar-refractivity contribution >= 4 is 12.1 Å². The molecule has 0 aromatic heterocycles. The molecule has 1 aliphatic carbocycles. The number of carboxylic acid groups (broad SMARTS) is 1. The number of amides is 1. The summed E-state index contributed by atoms with van der Waals surface area (Å²) >= 11 is 0. The predicted molar refractivity (Wildman–Crippen MR) is 87.4 cm³/mol. The zero-order chi connectivity index (χ0) is 17.2. The van der Waals surface area contributed by atoms with Crippen molar-refractivity contribution in [1.82, 2.24) is 9.80 Å². The number of rotatable bonds is 3. The van der Waals surface area contributed by atoms with E-state index in [4.69, 9.17) is 4.74 Å². The molecule has 132 valence electrons. The Kier molecular flexibility index (Phi) is 5.55. The second kappa shape index (κ2) is 7.07. The van der Waals surface area contributed by atoms with E-state index < -0.39 is 23.6 Å². The molecule has 0 radical (unpaired) electrons. The third-order valence-electron chi connectivity index (χ3n) is 4.97. The minimum Gasteiger partial charge on any atom is -0.481 e. The Morgan fingerprint density at radius 3 is 2.30 bits per heavy atom. The number of piperidine rings is 1. The van der Waals surface area contributed by atoms with Crippen LogP contribution < -0.4 is 0 Å². The van der Waals surface area contributed by atoms with E-state index in [1.54, 1.807) is 4.90 Å². The molecule has 1 saturated heterocycles. The van der Waals surface area contributed by atoms with Crippen LogP contribution in [0, 0.1) is 5.92 Å². The summed E-state index contributed by atoms with van der Waals surface area (Å²) in [6.45, 7) is 6.24. The van der Waals surface area contributed by atoms with Crippen molar-refractivity contribution < 1.29 is 19.4 Å². The Labute approximate surface area is 138 Å². The van der Waals surface area contributed by atoms with Crippen LogP contribution >= 0.6 is 0 Å². The van der Waals surface area contributed by atoms with Crippen molar-refractivity contribution in [1.29, 1.82) is 0 Å². The van der Waals surface area contributed by atoms with E-state index in [1.807, 2.05) is 27.8 Å². The van der Waals surface area contributed by atoms with Crippen LogP contribution in [0.4, 0.5) is 4.79 Å². The number of likely N-dealkylation sites (tertiary alicyclic amines) is 1. The van der Waals surface area contributed by atoms with Gasteiger partial charge >= 0.3 is 12.1 Å². The number of ether oxygens (including phenoxy) is 1. The molecule has 0 spiro atoms. The van der Waals surface area contributed by atoms with Gasteiger partial charge in [-0.2, -0.15) is 0 Å². The fourth-order valence-electron chi connectivity index (χ4n) is 3.74. The van der Waals surface area contributed by atoms with Crippen LogP contribution in [0.2, 0.25) is 0 Å². The van der Waals surface area contributed by atoms with Crippen LogP contribution in [-0.2, 0) is 9.53 Å². The standard InChI is InChI=1S/C17H30N2O4/c1-17(2,3)23-16(22)19-10-9-14(13(11-19)15(20)21)18(4)12-7-5-6-8-12/h12-14H,5-11H2,1-4H3,(H,20,21)/t13-,14-/m1/s1. The third-order valence-corrected chi connectivity index (χ3v) is 4.97. The highest BCUT2D eigenvalue weighted by Crippen LogP contribution is 2.30. The largest absolute Gasteiger partial charge is 0.481 e. The van der Waals surface area contributed by atoms with Crippen molar-refractivity contribution in [2.45, 2.75) is 70.6 Å². The summed E-state index contributed by atoms with van der Waals surface area (Å²) in [5, 5.41) is 9.63. The first-order valence-electron chi connectivity index (χ1n) is 8.61. The van der Waals surface area contributed by atoms with Crippen LogP contribution in [0.3, 0.4) is 0 Å². The molecular formula is C17H30N2O4. The molecule has 1 heterocycles. The summed E-state index contributed by atoms with van der Waals surface area (Å²) in [7, 11) is 2.04. The Bertz CT molecular complexity index is 440. The predicted octanol–water partition coefficient (Wildman–Crippen LogP) is 2.57. The van der Waals surface area contributed by atoms with Gasteiger partial charge in [0.05, 0.1) is 5.92 Å². The van der Waals surface area contributed by atoms with Crippen LogP contribution in [-0.4, -0.2) is 64.8 Å². The minimum absolute atomic E-state index is 0.00529. The number of nitrogens with zero attached hydrogens (tertiary/aromatic N) is 2. The maximum atomic E-state index is 12.2. The van der Waals surface area contributed by atoms with Crippen LogP contribution in [0.5, 0.6) is 0 Å². The fourth-order valence-corrected chi connectivity index (χ4v) is 3.74. The number of hydrogen-bond acceptors (Lipinski definition) is 4. The van der Waals surface area contributed by atoms with Gasteiger partial charge in [0.15, 0.2) is 0 Å². The molecule has 1 amide bonds. The molecule has 2 rings (SSSR count). The van der Waals surface area contributed by atoms with Crippen molar-refractivity contribution in [3.05, 3.63) is 0 Å². The van der Waals surface area contributed by atoms with E-state index >= 15 is 0 Å². The van der Waals surface area contributed by atoms with E-state index in [9.17, 15) is 14.7 Å². The van der Waals surface area contributed by atoms with Gasteiger partial charge in [-0.25, -0.2) is 4.79 Å². The lowest BCUT2D eigenvalue weighted by Crippen LogP contribution is -2.56. The second-order valence-electron chi connectivity index (χ2n) is 7.83. The smallest absolute Gasteiger partial charge is 0.410 e. The number of carbonyl (C=O) groups excluding carboxylic acids is 1. The molecule has 0 aromatic rings. The van der Waals surface area contributed by atoms with Crippen molar-refractivity contribution in [3.63, 3.8) is 0 Å². The maximum absolute atomic E-state index is 12.2. The Morgan fingerprint density at radius 1 is 1.17 bits per heavy atom. The third kappa shape index (κ3) is 4.59. The Morgan fingerprint density at radius 2 is 1.78 bits per heavy atom. The van der Waals surface area contributed by atoms with Gasteiger partial charge in [-0.15, -0.1) is 0 Å². The summed E-state index contributed by atoms with van der Waals surface area (Å²) < 4.78 is 5.38. The average molecular weight is 326 g/mol. The molecular weight excluding hydrogens is 296 g/mol. The molecule has 2 aliphatic rings. The minimum atomic E-state index is -0.826. The quantitative estimate of drug-likeness (QED) is 0.863. The molecule has 6 nitrogen and oxygen atoms in total. The summed E-state index contributed by atoms with van der Waals surface area (Å²) in [5.41, 5.74) is -0.562. The van der Waals surface area contributed by atoms with Crippen molar-refractivity contribution in [2.75, 3.05) is 20.1 Å². The zero-order valence-corrected chi connectivity index (χ0v) is 14.7. The van der Waals surface area contributed by atoms with E-state index in [0.717, 1.165) is 12.8 Å². The first-order chi connectivity index (χ1) is 10.7. The molecule has 0 bridgehead atoms.